The second kappa shape index (κ2) is 41.1. The number of ether oxygens (including phenoxy) is 2. The third-order valence-corrected chi connectivity index (χ3v) is 9.17. The number of rotatable bonds is 38. The van der Waals surface area contributed by atoms with Gasteiger partial charge in [0.05, 0.1) is 19.8 Å². The summed E-state index contributed by atoms with van der Waals surface area (Å²) in [5.41, 5.74) is 0. The summed E-state index contributed by atoms with van der Waals surface area (Å²) in [4.78, 5) is 34.9. The molecule has 0 aromatic rings. The third kappa shape index (κ3) is 40.9. The molecule has 3 N–H and O–H groups in total. The minimum absolute atomic E-state index is 0.0947. The maximum absolute atomic E-state index is 12.6. The van der Waals surface area contributed by atoms with E-state index < -0.39 is 51.8 Å². The molecule has 0 fully saturated rings. The maximum Gasteiger partial charge on any atom is 0.472 e. The number of aliphatic hydroxyl groups is 2. The van der Waals surface area contributed by atoms with Crippen LogP contribution in [0.15, 0.2) is 97.2 Å². The highest BCUT2D eigenvalue weighted by atomic mass is 31.2. The van der Waals surface area contributed by atoms with Crippen LogP contribution < -0.4 is 0 Å². The fraction of sp³-hybridized carbons (Fsp3) is 0.609. The second-order valence-electron chi connectivity index (χ2n) is 13.6. The van der Waals surface area contributed by atoms with Crippen molar-refractivity contribution < 1.29 is 47.8 Å². The zero-order valence-corrected chi connectivity index (χ0v) is 35.9. The van der Waals surface area contributed by atoms with E-state index in [-0.39, 0.29) is 19.4 Å². The number of esters is 2. The molecular weight excluding hydrogens is 743 g/mol. The monoisotopic (exact) mass is 819 g/mol. The average Bonchev–Trinajstić information content (AvgIpc) is 3.20. The van der Waals surface area contributed by atoms with Crippen molar-refractivity contribution in [3.05, 3.63) is 97.2 Å². The van der Waals surface area contributed by atoms with Crippen LogP contribution in [0.4, 0.5) is 0 Å². The van der Waals surface area contributed by atoms with Crippen LogP contribution in [-0.4, -0.2) is 65.7 Å². The average molecular weight is 819 g/mol. The molecule has 0 saturated carbocycles. The Bertz CT molecular complexity index is 1260. The summed E-state index contributed by atoms with van der Waals surface area (Å²) in [7, 11) is -4.64. The van der Waals surface area contributed by atoms with Crippen LogP contribution in [0.2, 0.25) is 0 Å². The Kier molecular flexibility index (Phi) is 38.8. The fourth-order valence-electron chi connectivity index (χ4n) is 4.97. The van der Waals surface area contributed by atoms with E-state index in [2.05, 4.69) is 103 Å². The zero-order chi connectivity index (χ0) is 41.9. The van der Waals surface area contributed by atoms with E-state index in [4.69, 9.17) is 19.1 Å². The lowest BCUT2D eigenvalue weighted by Gasteiger charge is -2.20. The van der Waals surface area contributed by atoms with Crippen molar-refractivity contribution in [3.8, 4) is 0 Å². The first kappa shape index (κ1) is 53.9. The van der Waals surface area contributed by atoms with E-state index in [0.29, 0.717) is 19.3 Å². The molecule has 11 heteroatoms. The van der Waals surface area contributed by atoms with Crippen LogP contribution in [0, 0.1) is 0 Å². The van der Waals surface area contributed by atoms with Crippen LogP contribution in [0.3, 0.4) is 0 Å². The number of phosphoric acid groups is 1. The number of carbonyl (C=O) groups is 2. The molecule has 0 bridgehead atoms. The van der Waals surface area contributed by atoms with E-state index in [1.54, 1.807) is 0 Å². The summed E-state index contributed by atoms with van der Waals surface area (Å²) in [6.45, 7) is 2.12. The molecule has 0 amide bonds. The molecule has 1 unspecified atom stereocenters. The fourth-order valence-corrected chi connectivity index (χ4v) is 5.76. The van der Waals surface area contributed by atoms with Gasteiger partial charge in [-0.25, -0.2) is 4.57 Å². The Labute approximate surface area is 344 Å². The van der Waals surface area contributed by atoms with Gasteiger partial charge in [-0.3, -0.25) is 18.6 Å². The largest absolute Gasteiger partial charge is 0.472 e. The Hall–Kier alpha value is -3.11. The number of unbranched alkanes of at least 4 members (excludes halogenated alkanes) is 8. The van der Waals surface area contributed by atoms with Crippen LogP contribution in [0.25, 0.3) is 0 Å². The summed E-state index contributed by atoms with van der Waals surface area (Å²) in [6, 6.07) is 0. The minimum Gasteiger partial charge on any atom is -0.462 e. The molecular formula is C46H75O10P. The highest BCUT2D eigenvalue weighted by molar-refractivity contribution is 7.47. The van der Waals surface area contributed by atoms with Gasteiger partial charge in [-0.1, -0.05) is 137 Å². The molecule has 0 rings (SSSR count). The number of carbonyl (C=O) groups excluding carboxylic acids is 2. The van der Waals surface area contributed by atoms with Gasteiger partial charge in [-0.2, -0.15) is 0 Å². The van der Waals surface area contributed by atoms with Crippen molar-refractivity contribution >= 4 is 19.8 Å². The quantitative estimate of drug-likeness (QED) is 0.0238. The number of phosphoric ester groups is 1. The first-order valence-corrected chi connectivity index (χ1v) is 22.7. The van der Waals surface area contributed by atoms with Crippen molar-refractivity contribution in [2.45, 2.75) is 154 Å². The van der Waals surface area contributed by atoms with Crippen molar-refractivity contribution in [2.24, 2.45) is 0 Å². The highest BCUT2D eigenvalue weighted by Gasteiger charge is 2.27. The number of allylic oxidation sites excluding steroid dienone is 16. The molecule has 324 valence electrons. The van der Waals surface area contributed by atoms with E-state index in [1.807, 2.05) is 12.2 Å². The summed E-state index contributed by atoms with van der Waals surface area (Å²) < 4.78 is 32.6. The van der Waals surface area contributed by atoms with Crippen LogP contribution >= 0.6 is 7.82 Å². The van der Waals surface area contributed by atoms with Crippen molar-refractivity contribution in [3.63, 3.8) is 0 Å². The summed E-state index contributed by atoms with van der Waals surface area (Å²) in [5.74, 6) is -1.03. The van der Waals surface area contributed by atoms with Gasteiger partial charge in [-0.05, 0) is 89.9 Å². The zero-order valence-electron chi connectivity index (χ0n) is 35.0. The third-order valence-electron chi connectivity index (χ3n) is 8.22. The normalized spacial score (nSPS) is 14.8. The molecule has 0 aliphatic carbocycles. The minimum atomic E-state index is -4.64. The van der Waals surface area contributed by atoms with Crippen molar-refractivity contribution in [1.29, 1.82) is 0 Å². The predicted octanol–water partition coefficient (Wildman–Crippen LogP) is 11.2. The molecule has 0 saturated heterocycles. The maximum atomic E-state index is 12.6. The molecule has 10 nitrogen and oxygen atoms in total. The van der Waals surface area contributed by atoms with Crippen LogP contribution in [0.1, 0.15) is 142 Å². The van der Waals surface area contributed by atoms with Crippen molar-refractivity contribution in [2.75, 3.05) is 26.4 Å². The van der Waals surface area contributed by atoms with E-state index in [9.17, 15) is 24.2 Å². The predicted molar refractivity (Wildman–Crippen MR) is 232 cm³/mol. The molecule has 3 atom stereocenters. The number of aliphatic hydroxyl groups excluding tert-OH is 2. The van der Waals surface area contributed by atoms with Gasteiger partial charge in [0.2, 0.25) is 0 Å². The van der Waals surface area contributed by atoms with E-state index in [1.165, 1.54) is 19.3 Å². The SMILES string of the molecule is CC/C=C/C/C=C/C/C=C/C/C=C/C/C=C/CCCC(=O)O[C@H](COC(=O)CCCCCC/C=C/C/C=C/C/C=C/CCCCC)COP(=O)(O)OC[C@@H](O)CO. The van der Waals surface area contributed by atoms with Gasteiger partial charge < -0.3 is 24.6 Å². The van der Waals surface area contributed by atoms with Crippen molar-refractivity contribution in [1.82, 2.24) is 0 Å². The summed E-state index contributed by atoms with van der Waals surface area (Å²) in [6.07, 6.45) is 49.5. The van der Waals surface area contributed by atoms with Gasteiger partial charge in [0, 0.05) is 12.8 Å². The van der Waals surface area contributed by atoms with E-state index in [0.717, 1.165) is 77.0 Å². The first-order valence-electron chi connectivity index (χ1n) is 21.2. The lowest BCUT2D eigenvalue weighted by molar-refractivity contribution is -0.161. The molecule has 0 radical (unpaired) electrons. The van der Waals surface area contributed by atoms with Gasteiger partial charge in [-0.15, -0.1) is 0 Å². The Morgan fingerprint density at radius 3 is 1.49 bits per heavy atom. The lowest BCUT2D eigenvalue weighted by atomic mass is 10.1. The molecule has 0 aromatic heterocycles. The molecule has 0 heterocycles. The topological polar surface area (TPSA) is 149 Å². The molecule has 0 spiro atoms. The van der Waals surface area contributed by atoms with E-state index >= 15 is 0 Å². The summed E-state index contributed by atoms with van der Waals surface area (Å²) >= 11 is 0. The Morgan fingerprint density at radius 1 is 0.544 bits per heavy atom. The molecule has 0 aliphatic heterocycles. The molecule has 0 aliphatic rings. The Morgan fingerprint density at radius 2 is 0.982 bits per heavy atom. The van der Waals surface area contributed by atoms with Gasteiger partial charge in [0.15, 0.2) is 6.10 Å². The standard InChI is InChI=1S/C46H75O10P/c1-3-5-7-9-11-13-15-17-19-21-23-25-27-29-31-33-35-37-45(49)53-41-44(42-55-57(51,52)54-40-43(48)39-47)56-46(50)38-36-34-32-30-28-26-24-22-20-18-16-14-12-10-8-6-4-2/h6,8,11-14,17-20,23-26,30,32,43-44,47-48H,3-5,7,9-10,15-16,21-22,27-29,31,33-42H2,1-2H3,(H,51,52)/b8-6+,13-11+,14-12+,19-17+,20-18+,25-23+,26-24+,32-30+/t43-,44+/m0/s1. The molecule has 57 heavy (non-hydrogen) atoms. The Balaban J connectivity index is 4.48. The molecule has 0 aromatic carbocycles. The van der Waals surface area contributed by atoms with Gasteiger partial charge in [0.25, 0.3) is 0 Å². The van der Waals surface area contributed by atoms with Gasteiger partial charge >= 0.3 is 19.8 Å². The lowest BCUT2D eigenvalue weighted by Crippen LogP contribution is -2.29. The number of hydrogen-bond donors (Lipinski definition) is 3. The second-order valence-corrected chi connectivity index (χ2v) is 15.1. The van der Waals surface area contributed by atoms with Gasteiger partial charge in [0.1, 0.15) is 12.7 Å². The first-order chi connectivity index (χ1) is 27.7. The smallest absolute Gasteiger partial charge is 0.462 e. The highest BCUT2D eigenvalue weighted by Crippen LogP contribution is 2.43. The van der Waals surface area contributed by atoms with Crippen LogP contribution in [-0.2, 0) is 32.7 Å². The number of hydrogen-bond acceptors (Lipinski definition) is 9. The summed E-state index contributed by atoms with van der Waals surface area (Å²) in [5, 5.41) is 18.3. The van der Waals surface area contributed by atoms with Crippen LogP contribution in [0.5, 0.6) is 0 Å².